The molecule has 0 aliphatic heterocycles. The summed E-state index contributed by atoms with van der Waals surface area (Å²) in [5, 5.41) is 13.1. The highest BCUT2D eigenvalue weighted by molar-refractivity contribution is 6.28. The fourth-order valence-corrected chi connectivity index (χ4v) is 1.40. The van der Waals surface area contributed by atoms with Gasteiger partial charge in [0.2, 0.25) is 5.28 Å². The van der Waals surface area contributed by atoms with Crippen molar-refractivity contribution in [2.24, 2.45) is 0 Å². The number of anilines is 2. The molecular weight excluding hydrogens is 287 g/mol. The lowest BCUT2D eigenvalue weighted by molar-refractivity contribution is -0.384. The van der Waals surface area contributed by atoms with Gasteiger partial charge < -0.3 is 5.32 Å². The SMILES string of the molecule is CC.O=[N+]([O-])c1cccc(Nc2nc(Cl)ncc2F)c1. The van der Waals surface area contributed by atoms with Crippen LogP contribution in [0.3, 0.4) is 0 Å². The Morgan fingerprint density at radius 3 is 2.75 bits per heavy atom. The number of non-ortho nitro benzene ring substituents is 1. The van der Waals surface area contributed by atoms with Crippen LogP contribution in [0.5, 0.6) is 0 Å². The van der Waals surface area contributed by atoms with Crippen molar-refractivity contribution in [1.29, 1.82) is 0 Å². The summed E-state index contributed by atoms with van der Waals surface area (Å²) in [6, 6.07) is 5.60. The zero-order chi connectivity index (χ0) is 15.1. The molecule has 2 rings (SSSR count). The minimum atomic E-state index is -0.703. The second-order valence-electron chi connectivity index (χ2n) is 3.27. The molecule has 0 aliphatic rings. The second-order valence-corrected chi connectivity index (χ2v) is 3.61. The molecule has 2 aromatic rings. The summed E-state index contributed by atoms with van der Waals surface area (Å²) in [6.45, 7) is 4.00. The van der Waals surface area contributed by atoms with E-state index in [1.165, 1.54) is 18.2 Å². The average Bonchev–Trinajstić information content (AvgIpc) is 2.45. The molecule has 1 aromatic heterocycles. The molecular formula is C12H12ClFN4O2. The van der Waals surface area contributed by atoms with Crippen LogP contribution >= 0.6 is 11.6 Å². The maximum absolute atomic E-state index is 13.3. The fraction of sp³-hybridized carbons (Fsp3) is 0.167. The molecule has 0 saturated heterocycles. The Morgan fingerprint density at radius 1 is 1.40 bits per heavy atom. The normalized spacial score (nSPS) is 9.40. The van der Waals surface area contributed by atoms with Gasteiger partial charge in [-0.2, -0.15) is 4.98 Å². The van der Waals surface area contributed by atoms with Crippen molar-refractivity contribution in [3.8, 4) is 0 Å². The smallest absolute Gasteiger partial charge is 0.271 e. The number of hydrogen-bond donors (Lipinski definition) is 1. The average molecular weight is 299 g/mol. The number of nitro benzene ring substituents is 1. The van der Waals surface area contributed by atoms with Crippen molar-refractivity contribution in [3.05, 3.63) is 51.7 Å². The first kappa shape index (κ1) is 15.8. The van der Waals surface area contributed by atoms with Crippen LogP contribution in [0.4, 0.5) is 21.6 Å². The van der Waals surface area contributed by atoms with E-state index in [4.69, 9.17) is 11.6 Å². The molecule has 0 saturated carbocycles. The first-order chi connectivity index (χ1) is 9.56. The summed E-state index contributed by atoms with van der Waals surface area (Å²) in [6.07, 6.45) is 0.912. The number of halogens is 2. The summed E-state index contributed by atoms with van der Waals surface area (Å²) in [4.78, 5) is 17.1. The van der Waals surface area contributed by atoms with Gasteiger partial charge in [-0.1, -0.05) is 19.9 Å². The third kappa shape index (κ3) is 4.13. The highest BCUT2D eigenvalue weighted by Gasteiger charge is 2.09. The molecule has 6 nitrogen and oxygen atoms in total. The van der Waals surface area contributed by atoms with Crippen LogP contribution in [-0.4, -0.2) is 14.9 Å². The van der Waals surface area contributed by atoms with Crippen LogP contribution < -0.4 is 5.32 Å². The topological polar surface area (TPSA) is 81.0 Å². The lowest BCUT2D eigenvalue weighted by Gasteiger charge is -2.06. The molecule has 0 aliphatic carbocycles. The van der Waals surface area contributed by atoms with Crippen LogP contribution in [-0.2, 0) is 0 Å². The van der Waals surface area contributed by atoms with Crippen LogP contribution in [0.1, 0.15) is 13.8 Å². The highest BCUT2D eigenvalue weighted by atomic mass is 35.5. The molecule has 1 aromatic carbocycles. The monoisotopic (exact) mass is 298 g/mol. The van der Waals surface area contributed by atoms with E-state index in [0.717, 1.165) is 6.20 Å². The zero-order valence-electron chi connectivity index (χ0n) is 10.8. The van der Waals surface area contributed by atoms with E-state index in [0.29, 0.717) is 5.69 Å². The number of hydrogen-bond acceptors (Lipinski definition) is 5. The first-order valence-corrected chi connectivity index (χ1v) is 6.13. The van der Waals surface area contributed by atoms with E-state index in [-0.39, 0.29) is 16.8 Å². The van der Waals surface area contributed by atoms with Crippen molar-refractivity contribution >= 4 is 28.8 Å². The summed E-state index contributed by atoms with van der Waals surface area (Å²) in [5.41, 5.74) is 0.221. The van der Waals surface area contributed by atoms with Gasteiger partial charge >= 0.3 is 0 Å². The summed E-state index contributed by atoms with van der Waals surface area (Å²) in [5.74, 6) is -0.846. The molecule has 0 unspecified atom stereocenters. The summed E-state index contributed by atoms with van der Waals surface area (Å²) >= 11 is 5.53. The maximum Gasteiger partial charge on any atom is 0.271 e. The van der Waals surface area contributed by atoms with E-state index in [9.17, 15) is 14.5 Å². The van der Waals surface area contributed by atoms with Crippen LogP contribution in [0.15, 0.2) is 30.5 Å². The largest absolute Gasteiger partial charge is 0.337 e. The van der Waals surface area contributed by atoms with Crippen molar-refractivity contribution in [2.45, 2.75) is 13.8 Å². The van der Waals surface area contributed by atoms with Gasteiger partial charge in [-0.3, -0.25) is 10.1 Å². The minimum Gasteiger partial charge on any atom is -0.337 e. The van der Waals surface area contributed by atoms with Crippen molar-refractivity contribution < 1.29 is 9.31 Å². The molecule has 0 radical (unpaired) electrons. The maximum atomic E-state index is 13.3. The third-order valence-corrected chi connectivity index (χ3v) is 2.22. The van der Waals surface area contributed by atoms with Crippen LogP contribution in [0.2, 0.25) is 5.28 Å². The summed E-state index contributed by atoms with van der Waals surface area (Å²) in [7, 11) is 0. The van der Waals surface area contributed by atoms with Gasteiger partial charge in [0.15, 0.2) is 11.6 Å². The number of nitro groups is 1. The molecule has 0 bridgehead atoms. The lowest BCUT2D eigenvalue weighted by Crippen LogP contribution is -1.99. The highest BCUT2D eigenvalue weighted by Crippen LogP contribution is 2.22. The van der Waals surface area contributed by atoms with Crippen LogP contribution in [0, 0.1) is 15.9 Å². The zero-order valence-corrected chi connectivity index (χ0v) is 11.6. The van der Waals surface area contributed by atoms with Crippen molar-refractivity contribution in [3.63, 3.8) is 0 Å². The lowest BCUT2D eigenvalue weighted by atomic mass is 10.3. The van der Waals surface area contributed by atoms with Gasteiger partial charge in [-0.25, -0.2) is 9.37 Å². The Balaban J connectivity index is 0.000000956. The molecule has 106 valence electrons. The molecule has 0 atom stereocenters. The van der Waals surface area contributed by atoms with Gasteiger partial charge in [-0.15, -0.1) is 0 Å². The molecule has 1 N–H and O–H groups in total. The molecule has 8 heteroatoms. The van der Waals surface area contributed by atoms with E-state index < -0.39 is 10.7 Å². The van der Waals surface area contributed by atoms with E-state index in [1.54, 1.807) is 6.07 Å². The third-order valence-electron chi connectivity index (χ3n) is 2.03. The molecule has 0 spiro atoms. The van der Waals surface area contributed by atoms with Gasteiger partial charge in [0.1, 0.15) is 0 Å². The standard InChI is InChI=1S/C10H6ClFN4O2.C2H6/c11-10-13-5-8(12)9(15-10)14-6-2-1-3-7(4-6)16(17)18;1-2/h1-5H,(H,13,14,15);1-2H3. The number of benzene rings is 1. The number of nitrogens with zero attached hydrogens (tertiary/aromatic N) is 3. The Labute approximate surface area is 119 Å². The predicted molar refractivity (Wildman–Crippen MR) is 74.7 cm³/mol. The quantitative estimate of drug-likeness (QED) is 0.527. The van der Waals surface area contributed by atoms with Crippen molar-refractivity contribution in [2.75, 3.05) is 5.32 Å². The predicted octanol–water partition coefficient (Wildman–Crippen LogP) is 3.95. The van der Waals surface area contributed by atoms with Gasteiger partial charge in [0, 0.05) is 17.8 Å². The van der Waals surface area contributed by atoms with E-state index >= 15 is 0 Å². The first-order valence-electron chi connectivity index (χ1n) is 5.76. The molecule has 0 fully saturated rings. The second kappa shape index (κ2) is 7.34. The molecule has 0 amide bonds. The van der Waals surface area contributed by atoms with Gasteiger partial charge in [0.05, 0.1) is 11.1 Å². The number of aromatic nitrogens is 2. The number of rotatable bonds is 3. The van der Waals surface area contributed by atoms with Crippen molar-refractivity contribution in [1.82, 2.24) is 9.97 Å². The number of nitrogens with one attached hydrogen (secondary N) is 1. The molecule has 20 heavy (non-hydrogen) atoms. The van der Waals surface area contributed by atoms with E-state index in [2.05, 4.69) is 15.3 Å². The minimum absolute atomic E-state index is 0.111. The van der Waals surface area contributed by atoms with E-state index in [1.807, 2.05) is 13.8 Å². The molecule has 1 heterocycles. The Hall–Kier alpha value is -2.28. The Kier molecular flexibility index (Phi) is 5.79. The van der Waals surface area contributed by atoms with Crippen LogP contribution in [0.25, 0.3) is 0 Å². The fourth-order valence-electron chi connectivity index (χ4n) is 1.27. The Bertz CT molecular complexity index is 610. The summed E-state index contributed by atoms with van der Waals surface area (Å²) < 4.78 is 13.3. The van der Waals surface area contributed by atoms with Gasteiger partial charge in [-0.05, 0) is 17.7 Å². The Morgan fingerprint density at radius 2 is 2.10 bits per heavy atom. The van der Waals surface area contributed by atoms with Gasteiger partial charge in [0.25, 0.3) is 5.69 Å².